The van der Waals surface area contributed by atoms with Crippen LogP contribution < -0.4 is 5.32 Å². The lowest BCUT2D eigenvalue weighted by Gasteiger charge is -2.17. The van der Waals surface area contributed by atoms with Crippen molar-refractivity contribution in [3.63, 3.8) is 0 Å². The monoisotopic (exact) mass is 276 g/mol. The van der Waals surface area contributed by atoms with Crippen molar-refractivity contribution in [1.29, 1.82) is 0 Å². The highest BCUT2D eigenvalue weighted by Crippen LogP contribution is 2.26. The number of aryl methyl sites for hydroxylation is 1. The van der Waals surface area contributed by atoms with E-state index in [9.17, 15) is 0 Å². The van der Waals surface area contributed by atoms with Gasteiger partial charge < -0.3 is 5.32 Å². The van der Waals surface area contributed by atoms with Gasteiger partial charge in [0.2, 0.25) is 0 Å². The van der Waals surface area contributed by atoms with Crippen molar-refractivity contribution in [2.24, 2.45) is 0 Å². The first-order valence-electron chi connectivity index (χ1n) is 7.47. The van der Waals surface area contributed by atoms with Gasteiger partial charge >= 0.3 is 0 Å². The molecule has 3 rings (SSSR count). The summed E-state index contributed by atoms with van der Waals surface area (Å²) >= 11 is 0. The zero-order chi connectivity index (χ0) is 14.7. The summed E-state index contributed by atoms with van der Waals surface area (Å²) in [7, 11) is 0. The molecule has 106 valence electrons. The Morgan fingerprint density at radius 3 is 2.57 bits per heavy atom. The maximum atomic E-state index is 4.40. The number of nitrogens with zero attached hydrogens (tertiary/aromatic N) is 1. The van der Waals surface area contributed by atoms with Crippen molar-refractivity contribution < 1.29 is 0 Å². The largest absolute Gasteiger partial charge is 0.378 e. The molecule has 1 heterocycles. The number of aromatic nitrogens is 1. The van der Waals surface area contributed by atoms with E-state index >= 15 is 0 Å². The number of hydrogen-bond acceptors (Lipinski definition) is 2. The predicted octanol–water partition coefficient (Wildman–Crippen LogP) is 4.97. The summed E-state index contributed by atoms with van der Waals surface area (Å²) in [6.45, 7) is 4.37. The summed E-state index contributed by atoms with van der Waals surface area (Å²) in [4.78, 5) is 4.40. The normalized spacial score (nSPS) is 12.3. The number of rotatable bonds is 4. The topological polar surface area (TPSA) is 24.9 Å². The lowest BCUT2D eigenvalue weighted by Crippen LogP contribution is -2.07. The van der Waals surface area contributed by atoms with Gasteiger partial charge in [-0.3, -0.25) is 4.98 Å². The first-order chi connectivity index (χ1) is 10.3. The molecule has 1 N–H and O–H groups in total. The van der Waals surface area contributed by atoms with Gasteiger partial charge in [-0.1, -0.05) is 37.3 Å². The summed E-state index contributed by atoms with van der Waals surface area (Å²) in [6.07, 6.45) is 2.91. The van der Waals surface area contributed by atoms with E-state index in [1.807, 2.05) is 24.4 Å². The van der Waals surface area contributed by atoms with E-state index in [0.717, 1.165) is 23.0 Å². The van der Waals surface area contributed by atoms with Crippen LogP contribution in [0.2, 0.25) is 0 Å². The third kappa shape index (κ3) is 2.89. The van der Waals surface area contributed by atoms with Gasteiger partial charge in [0.05, 0.1) is 5.52 Å². The molecule has 21 heavy (non-hydrogen) atoms. The van der Waals surface area contributed by atoms with Crippen LogP contribution in [-0.2, 0) is 6.42 Å². The van der Waals surface area contributed by atoms with Crippen molar-refractivity contribution in [3.8, 4) is 0 Å². The third-order valence-electron chi connectivity index (χ3n) is 3.91. The highest BCUT2D eigenvalue weighted by molar-refractivity contribution is 5.91. The number of nitrogens with one attached hydrogen (secondary N) is 1. The molecule has 0 aliphatic heterocycles. The van der Waals surface area contributed by atoms with Crippen molar-refractivity contribution >= 4 is 16.6 Å². The molecule has 0 saturated carbocycles. The van der Waals surface area contributed by atoms with E-state index in [0.29, 0.717) is 0 Å². The lowest BCUT2D eigenvalue weighted by atomic mass is 10.0. The van der Waals surface area contributed by atoms with Crippen LogP contribution >= 0.6 is 0 Å². The van der Waals surface area contributed by atoms with Gasteiger partial charge in [0.25, 0.3) is 0 Å². The summed E-state index contributed by atoms with van der Waals surface area (Å²) in [5, 5.41) is 4.76. The fraction of sp³-hybridized carbons (Fsp3) is 0.211. The number of benzene rings is 2. The average molecular weight is 276 g/mol. The van der Waals surface area contributed by atoms with Gasteiger partial charge in [-0.05, 0) is 48.7 Å². The molecule has 0 radical (unpaired) electrons. The molecular weight excluding hydrogens is 256 g/mol. The van der Waals surface area contributed by atoms with Gasteiger partial charge in [0.1, 0.15) is 0 Å². The maximum absolute atomic E-state index is 4.40. The summed E-state index contributed by atoms with van der Waals surface area (Å²) in [6, 6.07) is 19.4. The van der Waals surface area contributed by atoms with E-state index in [1.54, 1.807) is 0 Å². The van der Waals surface area contributed by atoms with Crippen molar-refractivity contribution in [2.75, 3.05) is 5.32 Å². The van der Waals surface area contributed by atoms with E-state index in [1.165, 1.54) is 11.1 Å². The van der Waals surface area contributed by atoms with E-state index in [2.05, 4.69) is 60.5 Å². The molecule has 2 heteroatoms. The van der Waals surface area contributed by atoms with Crippen LogP contribution in [0.5, 0.6) is 0 Å². The van der Waals surface area contributed by atoms with Gasteiger partial charge in [0.15, 0.2) is 0 Å². The Morgan fingerprint density at radius 2 is 1.81 bits per heavy atom. The molecule has 1 atom stereocenters. The van der Waals surface area contributed by atoms with E-state index < -0.39 is 0 Å². The Morgan fingerprint density at radius 1 is 1.00 bits per heavy atom. The molecular formula is C19H20N2. The SMILES string of the molecule is CCc1ccc(C(C)Nc2cccc3ncccc23)cc1. The molecule has 0 bridgehead atoms. The Labute approximate surface area is 125 Å². The number of pyridine rings is 1. The molecule has 1 aromatic heterocycles. The van der Waals surface area contributed by atoms with Crippen LogP contribution in [-0.4, -0.2) is 4.98 Å². The molecule has 0 aliphatic carbocycles. The first-order valence-corrected chi connectivity index (χ1v) is 7.47. The third-order valence-corrected chi connectivity index (χ3v) is 3.91. The molecule has 2 nitrogen and oxygen atoms in total. The van der Waals surface area contributed by atoms with Crippen LogP contribution in [0.4, 0.5) is 5.69 Å². The fourth-order valence-corrected chi connectivity index (χ4v) is 2.59. The Balaban J connectivity index is 1.87. The van der Waals surface area contributed by atoms with Gasteiger partial charge in [-0.25, -0.2) is 0 Å². The maximum Gasteiger partial charge on any atom is 0.0722 e. The highest BCUT2D eigenvalue weighted by Gasteiger charge is 2.07. The predicted molar refractivity (Wildman–Crippen MR) is 89.6 cm³/mol. The zero-order valence-corrected chi connectivity index (χ0v) is 12.5. The second-order valence-electron chi connectivity index (χ2n) is 5.34. The zero-order valence-electron chi connectivity index (χ0n) is 12.5. The molecule has 0 aliphatic rings. The fourth-order valence-electron chi connectivity index (χ4n) is 2.59. The molecule has 0 saturated heterocycles. The lowest BCUT2D eigenvalue weighted by molar-refractivity contribution is 0.884. The molecule has 0 fully saturated rings. The summed E-state index contributed by atoms with van der Waals surface area (Å²) in [5.41, 5.74) is 4.83. The van der Waals surface area contributed by atoms with Crippen LogP contribution in [0, 0.1) is 0 Å². The second kappa shape index (κ2) is 5.96. The van der Waals surface area contributed by atoms with Crippen LogP contribution in [0.3, 0.4) is 0 Å². The second-order valence-corrected chi connectivity index (χ2v) is 5.34. The van der Waals surface area contributed by atoms with Crippen molar-refractivity contribution in [1.82, 2.24) is 4.98 Å². The summed E-state index contributed by atoms with van der Waals surface area (Å²) in [5.74, 6) is 0. The minimum absolute atomic E-state index is 0.265. The quantitative estimate of drug-likeness (QED) is 0.727. The molecule has 2 aromatic carbocycles. The first kappa shape index (κ1) is 13.6. The molecule has 3 aromatic rings. The van der Waals surface area contributed by atoms with Crippen LogP contribution in [0.25, 0.3) is 10.9 Å². The van der Waals surface area contributed by atoms with E-state index in [-0.39, 0.29) is 6.04 Å². The average Bonchev–Trinajstić information content (AvgIpc) is 2.55. The Kier molecular flexibility index (Phi) is 3.87. The van der Waals surface area contributed by atoms with Gasteiger partial charge in [-0.15, -0.1) is 0 Å². The minimum Gasteiger partial charge on any atom is -0.378 e. The van der Waals surface area contributed by atoms with Crippen LogP contribution in [0.15, 0.2) is 60.8 Å². The van der Waals surface area contributed by atoms with Crippen molar-refractivity contribution in [3.05, 3.63) is 71.9 Å². The Hall–Kier alpha value is -2.35. The van der Waals surface area contributed by atoms with E-state index in [4.69, 9.17) is 0 Å². The molecule has 0 spiro atoms. The highest BCUT2D eigenvalue weighted by atomic mass is 14.9. The Bertz CT molecular complexity index is 727. The number of anilines is 1. The molecule has 0 amide bonds. The van der Waals surface area contributed by atoms with Gasteiger partial charge in [0, 0.05) is 23.3 Å². The van der Waals surface area contributed by atoms with Crippen LogP contribution in [0.1, 0.15) is 31.0 Å². The minimum atomic E-state index is 0.265. The smallest absolute Gasteiger partial charge is 0.0722 e. The van der Waals surface area contributed by atoms with Crippen molar-refractivity contribution in [2.45, 2.75) is 26.3 Å². The number of fused-ring (bicyclic) bond motifs is 1. The molecule has 1 unspecified atom stereocenters. The van der Waals surface area contributed by atoms with Gasteiger partial charge in [-0.2, -0.15) is 0 Å². The number of hydrogen-bond donors (Lipinski definition) is 1. The standard InChI is InChI=1S/C19H20N2/c1-3-15-9-11-16(12-10-15)14(2)21-19-8-4-7-18-17(19)6-5-13-20-18/h4-14,21H,3H2,1-2H3. The summed E-state index contributed by atoms with van der Waals surface area (Å²) < 4.78 is 0.